The molecule has 0 aliphatic heterocycles. The van der Waals surface area contributed by atoms with Crippen LogP contribution in [0.3, 0.4) is 0 Å². The van der Waals surface area contributed by atoms with Crippen molar-refractivity contribution >= 4 is 21.4 Å². The van der Waals surface area contributed by atoms with Gasteiger partial charge in [0, 0.05) is 17.9 Å². The molecule has 2 N–H and O–H groups in total. The molecule has 0 amide bonds. The minimum atomic E-state index is -3.21. The third kappa shape index (κ3) is 4.93. The van der Waals surface area contributed by atoms with E-state index in [1.807, 2.05) is 30.3 Å². The van der Waals surface area contributed by atoms with Gasteiger partial charge in [-0.3, -0.25) is 4.72 Å². The molecule has 20 heavy (non-hydrogen) atoms. The fraction of sp³-hybridized carbons (Fsp3) is 0.200. The number of benzene rings is 2. The summed E-state index contributed by atoms with van der Waals surface area (Å²) in [6, 6.07) is 17.5. The Morgan fingerprint density at radius 3 is 2.10 bits per heavy atom. The molecule has 4 nitrogen and oxygen atoms in total. The second kappa shape index (κ2) is 6.43. The molecule has 0 fully saturated rings. The van der Waals surface area contributed by atoms with Crippen LogP contribution in [-0.2, 0) is 16.4 Å². The molecule has 0 atom stereocenters. The van der Waals surface area contributed by atoms with Gasteiger partial charge in [0.1, 0.15) is 0 Å². The first-order valence-corrected chi connectivity index (χ1v) is 8.28. The van der Waals surface area contributed by atoms with Crippen LogP contribution in [-0.4, -0.2) is 21.2 Å². The average molecular weight is 290 g/mol. The molecule has 0 unspecified atom stereocenters. The zero-order valence-corrected chi connectivity index (χ0v) is 12.2. The summed E-state index contributed by atoms with van der Waals surface area (Å²) in [7, 11) is -3.21. The molecule has 2 rings (SSSR count). The van der Waals surface area contributed by atoms with Gasteiger partial charge in [-0.15, -0.1) is 0 Å². The van der Waals surface area contributed by atoms with Gasteiger partial charge in [0.15, 0.2) is 0 Å². The Balaban J connectivity index is 1.85. The number of hydrogen-bond acceptors (Lipinski definition) is 3. The Morgan fingerprint density at radius 1 is 0.900 bits per heavy atom. The zero-order chi connectivity index (χ0) is 14.4. The van der Waals surface area contributed by atoms with Crippen LogP contribution in [0.1, 0.15) is 5.56 Å². The van der Waals surface area contributed by atoms with Gasteiger partial charge < -0.3 is 5.32 Å². The minimum absolute atomic E-state index is 0.570. The van der Waals surface area contributed by atoms with E-state index in [0.29, 0.717) is 5.69 Å². The summed E-state index contributed by atoms with van der Waals surface area (Å²) in [6.07, 6.45) is 2.09. The van der Waals surface area contributed by atoms with Gasteiger partial charge in [0.2, 0.25) is 10.0 Å². The number of sulfonamides is 1. The lowest BCUT2D eigenvalue weighted by Gasteiger charge is -2.08. The first-order chi connectivity index (χ1) is 9.53. The summed E-state index contributed by atoms with van der Waals surface area (Å²) in [4.78, 5) is 0. The lowest BCUT2D eigenvalue weighted by Crippen LogP contribution is -2.09. The summed E-state index contributed by atoms with van der Waals surface area (Å²) in [6.45, 7) is 0.836. The van der Waals surface area contributed by atoms with Gasteiger partial charge in [0.25, 0.3) is 0 Å². The molecular formula is C15H18N2O2S. The van der Waals surface area contributed by atoms with Crippen molar-refractivity contribution in [1.82, 2.24) is 0 Å². The van der Waals surface area contributed by atoms with E-state index in [2.05, 4.69) is 22.2 Å². The maximum atomic E-state index is 11.1. The van der Waals surface area contributed by atoms with Crippen LogP contribution in [0.5, 0.6) is 0 Å². The van der Waals surface area contributed by atoms with E-state index < -0.39 is 10.0 Å². The normalized spacial score (nSPS) is 11.1. The molecule has 2 aromatic rings. The van der Waals surface area contributed by atoms with Gasteiger partial charge in [-0.05, 0) is 36.2 Å². The van der Waals surface area contributed by atoms with Crippen LogP contribution < -0.4 is 10.0 Å². The third-order valence-electron chi connectivity index (χ3n) is 2.77. The van der Waals surface area contributed by atoms with Crippen LogP contribution in [0.25, 0.3) is 0 Å². The van der Waals surface area contributed by atoms with Crippen molar-refractivity contribution < 1.29 is 8.42 Å². The molecule has 5 heteroatoms. The Bertz CT molecular complexity index is 637. The highest BCUT2D eigenvalue weighted by molar-refractivity contribution is 7.92. The molecule has 0 saturated heterocycles. The predicted octanol–water partition coefficient (Wildman–Crippen LogP) is 2.71. The highest BCUT2D eigenvalue weighted by Crippen LogP contribution is 2.14. The van der Waals surface area contributed by atoms with Crippen LogP contribution >= 0.6 is 0 Å². The van der Waals surface area contributed by atoms with Gasteiger partial charge in [-0.2, -0.15) is 0 Å². The maximum Gasteiger partial charge on any atom is 0.229 e. The highest BCUT2D eigenvalue weighted by atomic mass is 32.2. The standard InChI is InChI=1S/C15H18N2O2S/c1-20(18,19)17-15-9-7-14(8-10-15)16-12-11-13-5-3-2-4-6-13/h2-10,16-17H,11-12H2,1H3. The van der Waals surface area contributed by atoms with Crippen molar-refractivity contribution in [2.45, 2.75) is 6.42 Å². The van der Waals surface area contributed by atoms with Gasteiger partial charge in [-0.25, -0.2) is 8.42 Å². The minimum Gasteiger partial charge on any atom is -0.385 e. The first-order valence-electron chi connectivity index (χ1n) is 6.38. The van der Waals surface area contributed by atoms with Gasteiger partial charge >= 0.3 is 0 Å². The van der Waals surface area contributed by atoms with Crippen molar-refractivity contribution in [2.24, 2.45) is 0 Å². The van der Waals surface area contributed by atoms with Gasteiger partial charge in [-0.1, -0.05) is 30.3 Å². The van der Waals surface area contributed by atoms with Crippen LogP contribution in [0, 0.1) is 0 Å². The third-order valence-corrected chi connectivity index (χ3v) is 3.38. The zero-order valence-electron chi connectivity index (χ0n) is 11.3. The number of rotatable bonds is 6. The lowest BCUT2D eigenvalue weighted by molar-refractivity contribution is 0.607. The SMILES string of the molecule is CS(=O)(=O)Nc1ccc(NCCc2ccccc2)cc1. The van der Waals surface area contributed by atoms with E-state index in [1.54, 1.807) is 12.1 Å². The van der Waals surface area contributed by atoms with Crippen molar-refractivity contribution in [2.75, 3.05) is 22.8 Å². The molecule has 0 saturated carbocycles. The van der Waals surface area contributed by atoms with Crippen LogP contribution in [0.2, 0.25) is 0 Å². The number of anilines is 2. The Hall–Kier alpha value is -2.01. The average Bonchev–Trinajstić information content (AvgIpc) is 2.40. The van der Waals surface area contributed by atoms with E-state index in [1.165, 1.54) is 5.56 Å². The number of nitrogens with one attached hydrogen (secondary N) is 2. The Labute approximate surface area is 119 Å². The van der Waals surface area contributed by atoms with Crippen LogP contribution in [0.15, 0.2) is 54.6 Å². The van der Waals surface area contributed by atoms with Crippen molar-refractivity contribution in [3.8, 4) is 0 Å². The fourth-order valence-corrected chi connectivity index (χ4v) is 2.43. The summed E-state index contributed by atoms with van der Waals surface area (Å²) < 4.78 is 24.6. The second-order valence-electron chi connectivity index (χ2n) is 4.61. The van der Waals surface area contributed by atoms with E-state index >= 15 is 0 Å². The molecule has 0 bridgehead atoms. The fourth-order valence-electron chi connectivity index (χ4n) is 1.87. The van der Waals surface area contributed by atoms with Crippen LogP contribution in [0.4, 0.5) is 11.4 Å². The summed E-state index contributed by atoms with van der Waals surface area (Å²) >= 11 is 0. The van der Waals surface area contributed by atoms with E-state index in [9.17, 15) is 8.42 Å². The molecule has 0 radical (unpaired) electrons. The topological polar surface area (TPSA) is 58.2 Å². The molecule has 0 heterocycles. The van der Waals surface area contributed by atoms with Crippen molar-refractivity contribution in [1.29, 1.82) is 0 Å². The quantitative estimate of drug-likeness (QED) is 0.860. The number of hydrogen-bond donors (Lipinski definition) is 2. The first kappa shape index (κ1) is 14.4. The largest absolute Gasteiger partial charge is 0.385 e. The molecule has 0 aliphatic carbocycles. The highest BCUT2D eigenvalue weighted by Gasteiger charge is 2.01. The lowest BCUT2D eigenvalue weighted by atomic mass is 10.1. The Morgan fingerprint density at radius 2 is 1.50 bits per heavy atom. The van der Waals surface area contributed by atoms with E-state index in [-0.39, 0.29) is 0 Å². The summed E-state index contributed by atoms with van der Waals surface area (Å²) in [5.41, 5.74) is 2.83. The van der Waals surface area contributed by atoms with Crippen molar-refractivity contribution in [3.63, 3.8) is 0 Å². The summed E-state index contributed by atoms with van der Waals surface area (Å²) in [5.74, 6) is 0. The molecule has 2 aromatic carbocycles. The smallest absolute Gasteiger partial charge is 0.229 e. The van der Waals surface area contributed by atoms with E-state index in [0.717, 1.165) is 24.9 Å². The maximum absolute atomic E-state index is 11.1. The second-order valence-corrected chi connectivity index (χ2v) is 6.36. The van der Waals surface area contributed by atoms with Crippen molar-refractivity contribution in [3.05, 3.63) is 60.2 Å². The summed E-state index contributed by atoms with van der Waals surface area (Å²) in [5, 5.41) is 3.31. The predicted molar refractivity (Wildman–Crippen MR) is 83.5 cm³/mol. The van der Waals surface area contributed by atoms with E-state index in [4.69, 9.17) is 0 Å². The molecule has 0 aliphatic rings. The van der Waals surface area contributed by atoms with Gasteiger partial charge in [0.05, 0.1) is 6.26 Å². The molecule has 106 valence electrons. The Kier molecular flexibility index (Phi) is 4.63. The molecule has 0 aromatic heterocycles. The monoisotopic (exact) mass is 290 g/mol. The molecular weight excluding hydrogens is 272 g/mol. The molecule has 0 spiro atoms.